The summed E-state index contributed by atoms with van der Waals surface area (Å²) < 4.78 is 38.5. The maximum Gasteiger partial charge on any atom is 0.433 e. The van der Waals surface area contributed by atoms with Gasteiger partial charge in [-0.2, -0.15) is 13.2 Å². The summed E-state index contributed by atoms with van der Waals surface area (Å²) in [6, 6.07) is 9.77. The summed E-state index contributed by atoms with van der Waals surface area (Å²) in [6.07, 6.45) is -4.51. The standard InChI is InChI=1S/C18H15F3N2OS/c1-10-4-6-12(7-5-10)23(3)17(24)15-11(2)13-8-9-14(18(19,20)21)22-16(13)25-15/h4-9H,1-3H3. The van der Waals surface area contributed by atoms with Crippen LogP contribution in [0.15, 0.2) is 36.4 Å². The molecule has 25 heavy (non-hydrogen) atoms. The zero-order chi connectivity index (χ0) is 18.4. The monoisotopic (exact) mass is 364 g/mol. The fourth-order valence-corrected chi connectivity index (χ4v) is 3.65. The number of hydrogen-bond donors (Lipinski definition) is 0. The lowest BCUT2D eigenvalue weighted by Crippen LogP contribution is -2.25. The number of carbonyl (C=O) groups excluding carboxylic acids is 1. The van der Waals surface area contributed by atoms with Crippen molar-refractivity contribution < 1.29 is 18.0 Å². The third-order valence-electron chi connectivity index (χ3n) is 4.01. The number of pyridine rings is 1. The highest BCUT2D eigenvalue weighted by Crippen LogP contribution is 2.35. The van der Waals surface area contributed by atoms with Gasteiger partial charge >= 0.3 is 6.18 Å². The summed E-state index contributed by atoms with van der Waals surface area (Å²) in [6.45, 7) is 3.68. The van der Waals surface area contributed by atoms with Crippen LogP contribution in [-0.2, 0) is 6.18 Å². The fourth-order valence-electron chi connectivity index (χ4n) is 2.50. The van der Waals surface area contributed by atoms with Gasteiger partial charge in [-0.3, -0.25) is 4.79 Å². The summed E-state index contributed by atoms with van der Waals surface area (Å²) in [5, 5.41) is 0.568. The highest BCUT2D eigenvalue weighted by atomic mass is 32.1. The van der Waals surface area contributed by atoms with E-state index in [0.717, 1.165) is 28.7 Å². The van der Waals surface area contributed by atoms with Crippen molar-refractivity contribution >= 4 is 33.1 Å². The van der Waals surface area contributed by atoms with Gasteiger partial charge in [0.1, 0.15) is 10.5 Å². The first-order valence-corrected chi connectivity index (χ1v) is 8.32. The molecule has 0 saturated heterocycles. The van der Waals surface area contributed by atoms with E-state index in [1.807, 2.05) is 31.2 Å². The lowest BCUT2D eigenvalue weighted by atomic mass is 10.1. The lowest BCUT2D eigenvalue weighted by Gasteiger charge is -2.17. The Morgan fingerprint density at radius 1 is 1.08 bits per heavy atom. The molecule has 3 nitrogen and oxygen atoms in total. The number of nitrogens with zero attached hydrogens (tertiary/aromatic N) is 2. The molecule has 0 aliphatic carbocycles. The van der Waals surface area contributed by atoms with Crippen molar-refractivity contribution in [1.29, 1.82) is 0 Å². The molecular weight excluding hydrogens is 349 g/mol. The number of carbonyl (C=O) groups is 1. The summed E-state index contributed by atoms with van der Waals surface area (Å²) in [5.74, 6) is -0.266. The molecule has 0 spiro atoms. The molecule has 3 aromatic rings. The Morgan fingerprint density at radius 3 is 2.32 bits per heavy atom. The molecule has 130 valence electrons. The van der Waals surface area contributed by atoms with Crippen molar-refractivity contribution in [1.82, 2.24) is 4.98 Å². The molecule has 0 fully saturated rings. The van der Waals surface area contributed by atoms with Crippen molar-refractivity contribution in [3.8, 4) is 0 Å². The van der Waals surface area contributed by atoms with E-state index in [0.29, 0.717) is 15.8 Å². The van der Waals surface area contributed by atoms with Gasteiger partial charge in [0.2, 0.25) is 0 Å². The summed E-state index contributed by atoms with van der Waals surface area (Å²) in [7, 11) is 1.64. The summed E-state index contributed by atoms with van der Waals surface area (Å²) in [5.41, 5.74) is 1.49. The van der Waals surface area contributed by atoms with Gasteiger partial charge in [0.25, 0.3) is 5.91 Å². The maximum atomic E-state index is 12.8. The molecule has 0 aliphatic rings. The highest BCUT2D eigenvalue weighted by Gasteiger charge is 2.33. The Labute approximate surface area is 146 Å². The van der Waals surface area contributed by atoms with Crippen LogP contribution in [-0.4, -0.2) is 17.9 Å². The van der Waals surface area contributed by atoms with Gasteiger partial charge in [-0.05, 0) is 43.7 Å². The number of amides is 1. The van der Waals surface area contributed by atoms with E-state index in [4.69, 9.17) is 0 Å². The largest absolute Gasteiger partial charge is 0.433 e. The molecular formula is C18H15F3N2OS. The van der Waals surface area contributed by atoms with Crippen LogP contribution in [0.25, 0.3) is 10.2 Å². The molecule has 0 radical (unpaired) electrons. The Hall–Kier alpha value is -2.41. The van der Waals surface area contributed by atoms with Crippen molar-refractivity contribution in [2.75, 3.05) is 11.9 Å². The Kier molecular flexibility index (Phi) is 4.28. The van der Waals surface area contributed by atoms with Crippen LogP contribution < -0.4 is 4.90 Å². The van der Waals surface area contributed by atoms with E-state index in [9.17, 15) is 18.0 Å². The fraction of sp³-hybridized carbons (Fsp3) is 0.222. The van der Waals surface area contributed by atoms with Gasteiger partial charge in [-0.25, -0.2) is 4.98 Å². The smallest absolute Gasteiger partial charge is 0.311 e. The third kappa shape index (κ3) is 3.24. The topological polar surface area (TPSA) is 33.2 Å². The third-order valence-corrected chi connectivity index (χ3v) is 5.20. The van der Waals surface area contributed by atoms with Crippen LogP contribution in [0.3, 0.4) is 0 Å². The first-order valence-electron chi connectivity index (χ1n) is 7.50. The second-order valence-corrected chi connectivity index (χ2v) is 6.80. The second kappa shape index (κ2) is 6.15. The van der Waals surface area contributed by atoms with Crippen molar-refractivity contribution in [3.63, 3.8) is 0 Å². The summed E-state index contributed by atoms with van der Waals surface area (Å²) in [4.78, 5) is 18.6. The molecule has 3 rings (SSSR count). The lowest BCUT2D eigenvalue weighted by molar-refractivity contribution is -0.140. The van der Waals surface area contributed by atoms with E-state index < -0.39 is 11.9 Å². The molecule has 0 aliphatic heterocycles. The number of benzene rings is 1. The number of anilines is 1. The number of hydrogen-bond acceptors (Lipinski definition) is 3. The molecule has 0 atom stereocenters. The number of aryl methyl sites for hydroxylation is 2. The van der Waals surface area contributed by atoms with Gasteiger partial charge in [-0.15, -0.1) is 11.3 Å². The molecule has 7 heteroatoms. The average molecular weight is 364 g/mol. The predicted octanol–water partition coefficient (Wildman–Crippen LogP) is 5.21. The quantitative estimate of drug-likeness (QED) is 0.625. The number of alkyl halides is 3. The zero-order valence-electron chi connectivity index (χ0n) is 13.8. The van der Waals surface area contributed by atoms with Gasteiger partial charge in [0.15, 0.2) is 0 Å². The molecule has 1 amide bonds. The molecule has 2 heterocycles. The molecule has 0 saturated carbocycles. The first kappa shape index (κ1) is 17.4. The van der Waals surface area contributed by atoms with Crippen molar-refractivity contribution in [2.24, 2.45) is 0 Å². The van der Waals surface area contributed by atoms with Gasteiger partial charge in [0, 0.05) is 18.1 Å². The normalized spacial score (nSPS) is 11.8. The van der Waals surface area contributed by atoms with Crippen LogP contribution >= 0.6 is 11.3 Å². The van der Waals surface area contributed by atoms with Crippen molar-refractivity contribution in [3.05, 3.63) is 58.1 Å². The number of halogens is 3. The van der Waals surface area contributed by atoms with Crippen LogP contribution in [0.2, 0.25) is 0 Å². The van der Waals surface area contributed by atoms with Gasteiger partial charge < -0.3 is 4.90 Å². The Balaban J connectivity index is 2.01. The number of aromatic nitrogens is 1. The van der Waals surface area contributed by atoms with E-state index in [1.165, 1.54) is 11.0 Å². The minimum atomic E-state index is -4.51. The van der Waals surface area contributed by atoms with Gasteiger partial charge in [-0.1, -0.05) is 17.7 Å². The predicted molar refractivity (Wildman–Crippen MR) is 93.3 cm³/mol. The summed E-state index contributed by atoms with van der Waals surface area (Å²) >= 11 is 0.986. The minimum absolute atomic E-state index is 0.216. The van der Waals surface area contributed by atoms with Crippen LogP contribution in [0.1, 0.15) is 26.5 Å². The average Bonchev–Trinajstić information content (AvgIpc) is 2.90. The van der Waals surface area contributed by atoms with Crippen LogP contribution in [0.5, 0.6) is 0 Å². The molecule has 0 N–H and O–H groups in total. The molecule has 0 bridgehead atoms. The second-order valence-electron chi connectivity index (χ2n) is 5.80. The number of rotatable bonds is 2. The molecule has 0 unspecified atom stereocenters. The zero-order valence-corrected chi connectivity index (χ0v) is 14.6. The minimum Gasteiger partial charge on any atom is -0.311 e. The van der Waals surface area contributed by atoms with Crippen LogP contribution in [0.4, 0.5) is 18.9 Å². The Bertz CT molecular complexity index is 945. The van der Waals surface area contributed by atoms with E-state index in [2.05, 4.69) is 4.98 Å². The van der Waals surface area contributed by atoms with E-state index in [1.54, 1.807) is 14.0 Å². The Morgan fingerprint density at radius 2 is 1.72 bits per heavy atom. The van der Waals surface area contributed by atoms with Gasteiger partial charge in [0.05, 0.1) is 4.88 Å². The highest BCUT2D eigenvalue weighted by molar-refractivity contribution is 7.20. The molecule has 1 aromatic carbocycles. The SMILES string of the molecule is Cc1ccc(N(C)C(=O)c2sc3nc(C(F)(F)F)ccc3c2C)cc1. The maximum absolute atomic E-state index is 12.8. The van der Waals surface area contributed by atoms with Crippen molar-refractivity contribution in [2.45, 2.75) is 20.0 Å². The number of fused-ring (bicyclic) bond motifs is 1. The van der Waals surface area contributed by atoms with E-state index >= 15 is 0 Å². The van der Waals surface area contributed by atoms with Crippen LogP contribution in [0, 0.1) is 13.8 Å². The number of thiophene rings is 1. The molecule has 2 aromatic heterocycles. The first-order chi connectivity index (χ1) is 11.7. The van der Waals surface area contributed by atoms with E-state index in [-0.39, 0.29) is 10.7 Å².